The average molecular weight is 361 g/mol. The number of aromatic nitrogens is 2. The van der Waals surface area contributed by atoms with E-state index < -0.39 is 12.0 Å². The Morgan fingerprint density at radius 1 is 1.04 bits per heavy atom. The van der Waals surface area contributed by atoms with Gasteiger partial charge in [-0.3, -0.25) is 0 Å². The Labute approximate surface area is 146 Å². The molecule has 0 spiro atoms. The molecule has 1 aliphatic heterocycles. The van der Waals surface area contributed by atoms with Crippen LogP contribution in [0.5, 0.6) is 11.5 Å². The summed E-state index contributed by atoms with van der Waals surface area (Å²) in [5.74, 6) is 0.241. The predicted octanol–water partition coefficient (Wildman–Crippen LogP) is 4.30. The van der Waals surface area contributed by atoms with E-state index in [0.29, 0.717) is 16.9 Å². The van der Waals surface area contributed by atoms with Gasteiger partial charge in [0.2, 0.25) is 12.6 Å². The van der Waals surface area contributed by atoms with Gasteiger partial charge in [-0.1, -0.05) is 17.7 Å². The molecule has 3 aromatic rings. The number of fused-ring (bicyclic) bond motifs is 2. The Balaban J connectivity index is 1.69. The van der Waals surface area contributed by atoms with Crippen molar-refractivity contribution in [3.63, 3.8) is 0 Å². The first kappa shape index (κ1) is 16.4. The van der Waals surface area contributed by atoms with Crippen LogP contribution >= 0.6 is 0 Å². The topological polar surface area (TPSA) is 56.3 Å². The zero-order valence-electron chi connectivity index (χ0n) is 13.7. The van der Waals surface area contributed by atoms with Crippen LogP contribution in [0.4, 0.5) is 19.0 Å². The van der Waals surface area contributed by atoms with E-state index in [1.807, 2.05) is 13.0 Å². The minimum atomic E-state index is -4.62. The predicted molar refractivity (Wildman–Crippen MR) is 89.2 cm³/mol. The van der Waals surface area contributed by atoms with Gasteiger partial charge in [0, 0.05) is 11.9 Å². The van der Waals surface area contributed by atoms with Crippen molar-refractivity contribution < 1.29 is 22.6 Å². The molecule has 0 atom stereocenters. The van der Waals surface area contributed by atoms with E-state index in [1.165, 1.54) is 0 Å². The molecule has 1 aliphatic rings. The molecule has 5 nitrogen and oxygen atoms in total. The first-order valence-electron chi connectivity index (χ1n) is 7.88. The first-order chi connectivity index (χ1) is 12.4. The van der Waals surface area contributed by atoms with Crippen LogP contribution in [0.25, 0.3) is 10.9 Å². The standard InChI is InChI=1S/C18H14F3N3O2/c1-10-2-4-13-12(6-10)16(24-17(23-13)18(19,20)21)22-8-11-3-5-14-15(7-11)26-9-25-14/h2-7H,8-9H2,1H3,(H,22,23,24). The summed E-state index contributed by atoms with van der Waals surface area (Å²) in [5, 5.41) is 3.53. The second-order valence-electron chi connectivity index (χ2n) is 5.96. The molecule has 0 radical (unpaired) electrons. The normalized spacial score (nSPS) is 13.2. The number of rotatable bonds is 3. The third kappa shape index (κ3) is 3.10. The Morgan fingerprint density at radius 3 is 2.65 bits per heavy atom. The molecule has 134 valence electrons. The van der Waals surface area contributed by atoms with E-state index in [2.05, 4.69) is 15.3 Å². The molecule has 26 heavy (non-hydrogen) atoms. The highest BCUT2D eigenvalue weighted by Crippen LogP contribution is 2.33. The number of halogens is 3. The van der Waals surface area contributed by atoms with E-state index in [0.717, 1.165) is 11.1 Å². The minimum Gasteiger partial charge on any atom is -0.454 e. The lowest BCUT2D eigenvalue weighted by Crippen LogP contribution is -2.13. The van der Waals surface area contributed by atoms with Crippen LogP contribution in [-0.2, 0) is 12.7 Å². The summed E-state index contributed by atoms with van der Waals surface area (Å²) in [6.45, 7) is 2.31. The van der Waals surface area contributed by atoms with E-state index >= 15 is 0 Å². The van der Waals surface area contributed by atoms with Gasteiger partial charge in [0.05, 0.1) is 5.52 Å². The highest BCUT2D eigenvalue weighted by Gasteiger charge is 2.35. The highest BCUT2D eigenvalue weighted by atomic mass is 19.4. The smallest absolute Gasteiger partial charge is 0.451 e. The molecular weight excluding hydrogens is 347 g/mol. The monoisotopic (exact) mass is 361 g/mol. The van der Waals surface area contributed by atoms with Crippen molar-refractivity contribution in [2.24, 2.45) is 0 Å². The molecule has 8 heteroatoms. The number of hydrogen-bond acceptors (Lipinski definition) is 5. The van der Waals surface area contributed by atoms with Gasteiger partial charge in [-0.25, -0.2) is 9.97 Å². The van der Waals surface area contributed by atoms with Crippen LogP contribution in [0.3, 0.4) is 0 Å². The Bertz CT molecular complexity index is 989. The third-order valence-electron chi connectivity index (χ3n) is 4.00. The highest BCUT2D eigenvalue weighted by molar-refractivity contribution is 5.89. The van der Waals surface area contributed by atoms with Gasteiger partial charge in [0.15, 0.2) is 11.5 Å². The molecule has 0 fully saturated rings. The molecule has 0 unspecified atom stereocenters. The van der Waals surface area contributed by atoms with Gasteiger partial charge in [-0.15, -0.1) is 0 Å². The fraction of sp³-hybridized carbons (Fsp3) is 0.222. The summed E-state index contributed by atoms with van der Waals surface area (Å²) >= 11 is 0. The van der Waals surface area contributed by atoms with Gasteiger partial charge in [-0.05, 0) is 36.8 Å². The van der Waals surface area contributed by atoms with E-state index in [1.54, 1.807) is 30.3 Å². The van der Waals surface area contributed by atoms with Gasteiger partial charge in [0.1, 0.15) is 5.82 Å². The number of alkyl halides is 3. The number of anilines is 1. The molecule has 0 aliphatic carbocycles. The Hall–Kier alpha value is -3.03. The summed E-state index contributed by atoms with van der Waals surface area (Å²) in [6, 6.07) is 10.4. The van der Waals surface area contributed by atoms with Crippen LogP contribution in [0, 0.1) is 6.92 Å². The van der Waals surface area contributed by atoms with Crippen LogP contribution in [-0.4, -0.2) is 16.8 Å². The molecule has 0 amide bonds. The molecule has 0 saturated heterocycles. The SMILES string of the molecule is Cc1ccc2nc(C(F)(F)F)nc(NCc3ccc4c(c3)OCO4)c2c1. The summed E-state index contributed by atoms with van der Waals surface area (Å²) in [7, 11) is 0. The van der Waals surface area contributed by atoms with Gasteiger partial charge < -0.3 is 14.8 Å². The Kier molecular flexibility index (Phi) is 3.82. The van der Waals surface area contributed by atoms with Crippen LogP contribution in [0.1, 0.15) is 17.0 Å². The van der Waals surface area contributed by atoms with Gasteiger partial charge in [-0.2, -0.15) is 13.2 Å². The first-order valence-corrected chi connectivity index (χ1v) is 7.88. The maximum atomic E-state index is 13.1. The second-order valence-corrected chi connectivity index (χ2v) is 5.96. The van der Waals surface area contributed by atoms with Crippen molar-refractivity contribution in [2.45, 2.75) is 19.6 Å². The van der Waals surface area contributed by atoms with Crippen molar-refractivity contribution in [3.05, 3.63) is 53.3 Å². The molecule has 1 N–H and O–H groups in total. The average Bonchev–Trinajstić information content (AvgIpc) is 3.06. The van der Waals surface area contributed by atoms with Crippen LogP contribution in [0.2, 0.25) is 0 Å². The maximum Gasteiger partial charge on any atom is 0.451 e. The van der Waals surface area contributed by atoms with Crippen LogP contribution < -0.4 is 14.8 Å². The van der Waals surface area contributed by atoms with Crippen molar-refractivity contribution in [2.75, 3.05) is 12.1 Å². The van der Waals surface area contributed by atoms with E-state index in [-0.39, 0.29) is 24.7 Å². The molecule has 4 rings (SSSR count). The molecule has 0 bridgehead atoms. The second kappa shape index (κ2) is 6.05. The van der Waals surface area contributed by atoms with Gasteiger partial charge in [0.25, 0.3) is 0 Å². The quantitative estimate of drug-likeness (QED) is 0.754. The third-order valence-corrected chi connectivity index (χ3v) is 4.00. The fourth-order valence-corrected chi connectivity index (χ4v) is 2.74. The molecule has 1 aromatic heterocycles. The molecule has 2 aromatic carbocycles. The van der Waals surface area contributed by atoms with E-state index in [4.69, 9.17) is 9.47 Å². The van der Waals surface area contributed by atoms with Crippen molar-refractivity contribution in [3.8, 4) is 11.5 Å². The van der Waals surface area contributed by atoms with E-state index in [9.17, 15) is 13.2 Å². The number of benzene rings is 2. The number of aryl methyl sites for hydroxylation is 1. The maximum absolute atomic E-state index is 13.1. The number of nitrogens with zero attached hydrogens (tertiary/aromatic N) is 2. The number of nitrogens with one attached hydrogen (secondary N) is 1. The summed E-state index contributed by atoms with van der Waals surface area (Å²) in [6.07, 6.45) is -4.62. The lowest BCUT2D eigenvalue weighted by Gasteiger charge is -2.13. The summed E-state index contributed by atoms with van der Waals surface area (Å²) in [5.41, 5.74) is 1.99. The molecule has 2 heterocycles. The number of ether oxygens (including phenoxy) is 2. The zero-order chi connectivity index (χ0) is 18.3. The largest absolute Gasteiger partial charge is 0.454 e. The lowest BCUT2D eigenvalue weighted by atomic mass is 10.1. The fourth-order valence-electron chi connectivity index (χ4n) is 2.74. The molecule has 0 saturated carbocycles. The lowest BCUT2D eigenvalue weighted by molar-refractivity contribution is -0.144. The number of hydrogen-bond donors (Lipinski definition) is 1. The zero-order valence-corrected chi connectivity index (χ0v) is 13.7. The van der Waals surface area contributed by atoms with Crippen molar-refractivity contribution >= 4 is 16.7 Å². The summed E-state index contributed by atoms with van der Waals surface area (Å²) < 4.78 is 49.9. The Morgan fingerprint density at radius 2 is 1.85 bits per heavy atom. The van der Waals surface area contributed by atoms with Gasteiger partial charge >= 0.3 is 6.18 Å². The minimum absolute atomic E-state index is 0.142. The molecular formula is C18H14F3N3O2. The summed E-state index contributed by atoms with van der Waals surface area (Å²) in [4.78, 5) is 7.34. The van der Waals surface area contributed by atoms with Crippen molar-refractivity contribution in [1.82, 2.24) is 9.97 Å². The van der Waals surface area contributed by atoms with Crippen LogP contribution in [0.15, 0.2) is 36.4 Å². The van der Waals surface area contributed by atoms with Crippen molar-refractivity contribution in [1.29, 1.82) is 0 Å².